The number of unbranched alkanes of at least 4 members (excludes halogenated alkanes) is 8. The molecular formula is C16H28O4. The van der Waals surface area contributed by atoms with Crippen molar-refractivity contribution in [2.45, 2.75) is 78.1 Å². The molecule has 0 aliphatic carbocycles. The minimum absolute atomic E-state index is 0.250. The van der Waals surface area contributed by atoms with Gasteiger partial charge < -0.3 is 0 Å². The van der Waals surface area contributed by atoms with Gasteiger partial charge in [-0.25, -0.2) is 0 Å². The van der Waals surface area contributed by atoms with Crippen molar-refractivity contribution in [1.82, 2.24) is 0 Å². The first kappa shape index (κ1) is 23.6. The topological polar surface area (TPSA) is 68.3 Å². The van der Waals surface area contributed by atoms with Crippen molar-refractivity contribution in [3.63, 3.8) is 0 Å². The standard InChI is InChI=1S/C14H28.2CO2/c1-3-5-7-9-11-13-14-12-10-8-6-4-2;2*2-1-3/h7,9H,3-6,8,10-14H2,1-2H3;;/b9-7-;;. The van der Waals surface area contributed by atoms with Crippen LogP contribution in [0.2, 0.25) is 0 Å². The summed E-state index contributed by atoms with van der Waals surface area (Å²) in [6, 6.07) is 0. The zero-order valence-corrected chi connectivity index (χ0v) is 12.9. The molecule has 0 aliphatic rings. The Morgan fingerprint density at radius 3 is 1.45 bits per heavy atom. The highest BCUT2D eigenvalue weighted by molar-refractivity contribution is 5.20. The molecule has 116 valence electrons. The number of carbonyl (C=O) groups excluding carboxylic acids is 4. The van der Waals surface area contributed by atoms with Gasteiger partial charge in [-0.15, -0.1) is 0 Å². The quantitative estimate of drug-likeness (QED) is 0.442. The molecule has 0 N–H and O–H groups in total. The van der Waals surface area contributed by atoms with Crippen molar-refractivity contribution in [3.05, 3.63) is 12.2 Å². The van der Waals surface area contributed by atoms with Crippen LogP contribution in [0.15, 0.2) is 12.2 Å². The Hall–Kier alpha value is -1.50. The summed E-state index contributed by atoms with van der Waals surface area (Å²) < 4.78 is 0. The summed E-state index contributed by atoms with van der Waals surface area (Å²) >= 11 is 0. The smallest absolute Gasteiger partial charge is 0.186 e. The van der Waals surface area contributed by atoms with Gasteiger partial charge in [-0.3, -0.25) is 0 Å². The number of hydrogen-bond donors (Lipinski definition) is 0. The van der Waals surface area contributed by atoms with Crippen molar-refractivity contribution in [1.29, 1.82) is 0 Å². The molecule has 0 atom stereocenters. The maximum absolute atomic E-state index is 8.12. The van der Waals surface area contributed by atoms with Crippen LogP contribution in [-0.4, -0.2) is 12.3 Å². The molecule has 0 spiro atoms. The molecule has 0 amide bonds. The fourth-order valence-corrected chi connectivity index (χ4v) is 1.62. The molecule has 0 radical (unpaired) electrons. The third-order valence-electron chi connectivity index (χ3n) is 2.60. The fraction of sp³-hybridized carbons (Fsp3) is 0.750. The first-order valence-electron chi connectivity index (χ1n) is 7.38. The monoisotopic (exact) mass is 284 g/mol. The molecule has 0 heterocycles. The van der Waals surface area contributed by atoms with E-state index in [9.17, 15) is 0 Å². The van der Waals surface area contributed by atoms with Crippen LogP contribution in [0.5, 0.6) is 0 Å². The summed E-state index contributed by atoms with van der Waals surface area (Å²) in [4.78, 5) is 32.5. The summed E-state index contributed by atoms with van der Waals surface area (Å²) in [7, 11) is 0. The van der Waals surface area contributed by atoms with Crippen LogP contribution in [0.3, 0.4) is 0 Å². The predicted molar refractivity (Wildman–Crippen MR) is 76.7 cm³/mol. The first-order chi connectivity index (χ1) is 9.74. The molecule has 0 rings (SSSR count). The van der Waals surface area contributed by atoms with Gasteiger partial charge in [0.15, 0.2) is 0 Å². The lowest BCUT2D eigenvalue weighted by Crippen LogP contribution is -1.78. The van der Waals surface area contributed by atoms with Crippen LogP contribution in [-0.2, 0) is 19.2 Å². The van der Waals surface area contributed by atoms with E-state index in [0.717, 1.165) is 0 Å². The second-order valence-corrected chi connectivity index (χ2v) is 4.34. The second-order valence-electron chi connectivity index (χ2n) is 4.34. The van der Waals surface area contributed by atoms with Crippen LogP contribution in [0.25, 0.3) is 0 Å². The lowest BCUT2D eigenvalue weighted by Gasteiger charge is -1.98. The Morgan fingerprint density at radius 1 is 0.600 bits per heavy atom. The van der Waals surface area contributed by atoms with E-state index in [1.165, 1.54) is 64.2 Å². The van der Waals surface area contributed by atoms with Crippen molar-refractivity contribution >= 4 is 12.3 Å². The zero-order chi connectivity index (χ0) is 15.9. The Bertz CT molecular complexity index is 235. The van der Waals surface area contributed by atoms with Crippen LogP contribution < -0.4 is 0 Å². The van der Waals surface area contributed by atoms with Crippen LogP contribution >= 0.6 is 0 Å². The van der Waals surface area contributed by atoms with E-state index >= 15 is 0 Å². The molecule has 4 heteroatoms. The zero-order valence-electron chi connectivity index (χ0n) is 12.9. The molecule has 0 aromatic heterocycles. The molecule has 0 unspecified atom stereocenters. The Labute approximate surface area is 122 Å². The molecule has 0 saturated heterocycles. The number of hydrogen-bond acceptors (Lipinski definition) is 4. The molecule has 0 aliphatic heterocycles. The van der Waals surface area contributed by atoms with Gasteiger partial charge in [0, 0.05) is 0 Å². The summed E-state index contributed by atoms with van der Waals surface area (Å²) in [5, 5.41) is 0. The molecular weight excluding hydrogens is 256 g/mol. The minimum atomic E-state index is 0.250. The van der Waals surface area contributed by atoms with Crippen molar-refractivity contribution < 1.29 is 19.2 Å². The summed E-state index contributed by atoms with van der Waals surface area (Å²) in [5.74, 6) is 0. The van der Waals surface area contributed by atoms with E-state index in [1.807, 2.05) is 0 Å². The van der Waals surface area contributed by atoms with Gasteiger partial charge in [-0.1, -0.05) is 70.9 Å². The van der Waals surface area contributed by atoms with Gasteiger partial charge in [-0.2, -0.15) is 19.2 Å². The first-order valence-corrected chi connectivity index (χ1v) is 7.38. The third-order valence-corrected chi connectivity index (χ3v) is 2.60. The van der Waals surface area contributed by atoms with E-state index in [1.54, 1.807) is 0 Å². The molecule has 20 heavy (non-hydrogen) atoms. The van der Waals surface area contributed by atoms with Gasteiger partial charge in [0.05, 0.1) is 0 Å². The molecule has 0 aromatic carbocycles. The molecule has 0 aromatic rings. The van der Waals surface area contributed by atoms with E-state index in [4.69, 9.17) is 19.2 Å². The summed E-state index contributed by atoms with van der Waals surface area (Å²) in [6.45, 7) is 4.51. The highest BCUT2D eigenvalue weighted by Crippen LogP contribution is 2.08. The van der Waals surface area contributed by atoms with E-state index in [2.05, 4.69) is 26.0 Å². The van der Waals surface area contributed by atoms with E-state index in [-0.39, 0.29) is 12.3 Å². The van der Waals surface area contributed by atoms with Crippen molar-refractivity contribution in [2.24, 2.45) is 0 Å². The van der Waals surface area contributed by atoms with Crippen molar-refractivity contribution in [3.8, 4) is 0 Å². The maximum atomic E-state index is 8.12. The van der Waals surface area contributed by atoms with Gasteiger partial charge in [0.2, 0.25) is 0 Å². The van der Waals surface area contributed by atoms with E-state index < -0.39 is 0 Å². The average Bonchev–Trinajstić information content (AvgIpc) is 2.43. The molecule has 0 saturated carbocycles. The lowest BCUT2D eigenvalue weighted by atomic mass is 10.1. The molecule has 4 nitrogen and oxygen atoms in total. The van der Waals surface area contributed by atoms with Gasteiger partial charge in [-0.05, 0) is 19.3 Å². The Kier molecular flexibility index (Phi) is 36.0. The fourth-order valence-electron chi connectivity index (χ4n) is 1.62. The van der Waals surface area contributed by atoms with Gasteiger partial charge in [0.25, 0.3) is 0 Å². The van der Waals surface area contributed by atoms with Crippen LogP contribution in [0.1, 0.15) is 78.1 Å². The third kappa shape index (κ3) is 43.9. The highest BCUT2D eigenvalue weighted by Gasteiger charge is 1.88. The normalized spacial score (nSPS) is 8.70. The molecule has 0 bridgehead atoms. The minimum Gasteiger partial charge on any atom is -0.186 e. The predicted octanol–water partition coefficient (Wildman–Crippen LogP) is 4.32. The molecule has 0 fully saturated rings. The van der Waals surface area contributed by atoms with Crippen LogP contribution in [0.4, 0.5) is 0 Å². The van der Waals surface area contributed by atoms with Crippen molar-refractivity contribution in [2.75, 3.05) is 0 Å². The Balaban J connectivity index is -0.000000408. The summed E-state index contributed by atoms with van der Waals surface area (Å²) in [6.07, 6.45) is 19.0. The van der Waals surface area contributed by atoms with Gasteiger partial charge in [0.1, 0.15) is 0 Å². The number of allylic oxidation sites excluding steroid dienone is 2. The Morgan fingerprint density at radius 2 is 1.00 bits per heavy atom. The second kappa shape index (κ2) is 30.5. The average molecular weight is 284 g/mol. The van der Waals surface area contributed by atoms with E-state index in [0.29, 0.717) is 0 Å². The maximum Gasteiger partial charge on any atom is 0.373 e. The largest absolute Gasteiger partial charge is 0.373 e. The lowest BCUT2D eigenvalue weighted by molar-refractivity contribution is -0.193. The van der Waals surface area contributed by atoms with Gasteiger partial charge >= 0.3 is 12.3 Å². The summed E-state index contributed by atoms with van der Waals surface area (Å²) in [5.41, 5.74) is 0. The number of rotatable bonds is 10. The van der Waals surface area contributed by atoms with Crippen LogP contribution in [0, 0.1) is 0 Å². The highest BCUT2D eigenvalue weighted by atomic mass is 16.2. The SMILES string of the molecule is CCC/C=C\CCCCCCCCC.O=C=O.O=C=O.